The van der Waals surface area contributed by atoms with Crippen molar-refractivity contribution >= 4 is 15.9 Å². The fourth-order valence-electron chi connectivity index (χ4n) is 3.04. The molecule has 0 radical (unpaired) electrons. The quantitative estimate of drug-likeness (QED) is 0.724. The summed E-state index contributed by atoms with van der Waals surface area (Å²) in [4.78, 5) is 18.9. The first-order chi connectivity index (χ1) is 11.5. The maximum atomic E-state index is 12.7. The van der Waals surface area contributed by atoms with Crippen LogP contribution in [0.3, 0.4) is 0 Å². The zero-order valence-electron chi connectivity index (χ0n) is 13.1. The van der Waals surface area contributed by atoms with E-state index < -0.39 is 10.0 Å². The molecular formula is C16H16N4O3S. The largest absolute Gasteiger partial charge is 0.330 e. The van der Waals surface area contributed by atoms with Gasteiger partial charge in [0.25, 0.3) is 5.91 Å². The normalized spacial score (nSPS) is 19.0. The van der Waals surface area contributed by atoms with Crippen LogP contribution in [-0.2, 0) is 16.6 Å². The van der Waals surface area contributed by atoms with E-state index in [-0.39, 0.29) is 17.3 Å². The Labute approximate surface area is 139 Å². The van der Waals surface area contributed by atoms with Gasteiger partial charge in [-0.25, -0.2) is 13.4 Å². The van der Waals surface area contributed by atoms with E-state index in [0.29, 0.717) is 30.2 Å². The summed E-state index contributed by atoms with van der Waals surface area (Å²) in [7, 11) is -2.09. The minimum atomic E-state index is -3.61. The van der Waals surface area contributed by atoms with Crippen LogP contribution in [-0.4, -0.2) is 53.2 Å². The summed E-state index contributed by atoms with van der Waals surface area (Å²) in [5, 5.41) is 0. The molecule has 1 aromatic carbocycles. The van der Waals surface area contributed by atoms with Gasteiger partial charge >= 0.3 is 0 Å². The molecule has 0 N–H and O–H groups in total. The number of para-hydroxylation sites is 1. The van der Waals surface area contributed by atoms with Crippen LogP contribution < -0.4 is 0 Å². The van der Waals surface area contributed by atoms with Crippen molar-refractivity contribution < 1.29 is 13.2 Å². The summed E-state index contributed by atoms with van der Waals surface area (Å²) in [5.41, 5.74) is 1.41. The smallest absolute Gasteiger partial charge is 0.274 e. The van der Waals surface area contributed by atoms with Crippen LogP contribution in [0.15, 0.2) is 47.6 Å². The first-order valence-electron chi connectivity index (χ1n) is 7.56. The van der Waals surface area contributed by atoms with Crippen molar-refractivity contribution in [2.75, 3.05) is 20.1 Å². The monoisotopic (exact) mass is 344 g/mol. The number of aromatic nitrogens is 2. The maximum Gasteiger partial charge on any atom is 0.274 e. The highest BCUT2D eigenvalue weighted by Crippen LogP contribution is 2.30. The third-order valence-electron chi connectivity index (χ3n) is 4.36. The molecule has 0 saturated carbocycles. The summed E-state index contributed by atoms with van der Waals surface area (Å²) in [6.07, 6.45) is 5.39. The first-order valence-corrected chi connectivity index (χ1v) is 9.00. The maximum absolute atomic E-state index is 12.7. The molecule has 0 atom stereocenters. The number of sulfonamides is 1. The summed E-state index contributed by atoms with van der Waals surface area (Å²) < 4.78 is 28.4. The van der Waals surface area contributed by atoms with Gasteiger partial charge in [0.1, 0.15) is 11.2 Å². The van der Waals surface area contributed by atoms with Gasteiger partial charge < -0.3 is 4.90 Å². The molecule has 2 aromatic rings. The average molecular weight is 344 g/mol. The summed E-state index contributed by atoms with van der Waals surface area (Å²) >= 11 is 0. The molecule has 2 aliphatic heterocycles. The van der Waals surface area contributed by atoms with E-state index in [4.69, 9.17) is 0 Å². The predicted octanol–water partition coefficient (Wildman–Crippen LogP) is 1.02. The van der Waals surface area contributed by atoms with E-state index in [9.17, 15) is 13.2 Å². The molecule has 124 valence electrons. The Morgan fingerprint density at radius 3 is 2.62 bits per heavy atom. The Balaban J connectivity index is 1.88. The number of nitrogens with zero attached hydrogens (tertiary/aromatic N) is 4. The van der Waals surface area contributed by atoms with E-state index >= 15 is 0 Å². The average Bonchev–Trinajstić information content (AvgIpc) is 3.22. The standard InChI is InChI=1S/C16H16N4O3S/c1-18-10-13-15(16(21)19-8-4-5-9-19)17-11-20(13)12-6-2-3-7-14(12)24(18,22)23/h2-7,11H,8-10H2,1H3. The molecule has 1 amide bonds. The van der Waals surface area contributed by atoms with Crippen molar-refractivity contribution in [2.24, 2.45) is 0 Å². The molecule has 0 fully saturated rings. The van der Waals surface area contributed by atoms with Crippen molar-refractivity contribution in [3.63, 3.8) is 0 Å². The van der Waals surface area contributed by atoms with Crippen molar-refractivity contribution in [1.29, 1.82) is 0 Å². The van der Waals surface area contributed by atoms with Crippen molar-refractivity contribution in [2.45, 2.75) is 11.4 Å². The predicted molar refractivity (Wildman–Crippen MR) is 87.3 cm³/mol. The highest BCUT2D eigenvalue weighted by atomic mass is 32.2. The second-order valence-corrected chi connectivity index (χ2v) is 7.83. The number of hydrogen-bond acceptors (Lipinski definition) is 4. The molecule has 0 bridgehead atoms. The van der Waals surface area contributed by atoms with Crippen molar-refractivity contribution in [3.05, 3.63) is 54.1 Å². The minimum Gasteiger partial charge on any atom is -0.330 e. The van der Waals surface area contributed by atoms with Gasteiger partial charge in [0, 0.05) is 20.1 Å². The molecule has 0 spiro atoms. The van der Waals surface area contributed by atoms with Crippen LogP contribution in [0.2, 0.25) is 0 Å². The van der Waals surface area contributed by atoms with Gasteiger partial charge in [-0.3, -0.25) is 9.36 Å². The number of carbonyl (C=O) groups is 1. The van der Waals surface area contributed by atoms with Crippen LogP contribution in [0.25, 0.3) is 5.69 Å². The lowest BCUT2D eigenvalue weighted by Crippen LogP contribution is -2.31. The van der Waals surface area contributed by atoms with Gasteiger partial charge in [-0.15, -0.1) is 0 Å². The highest BCUT2D eigenvalue weighted by Gasteiger charge is 2.33. The Kier molecular flexibility index (Phi) is 3.33. The summed E-state index contributed by atoms with van der Waals surface area (Å²) in [6, 6.07) is 6.76. The number of rotatable bonds is 1. The van der Waals surface area contributed by atoms with E-state index in [1.165, 1.54) is 17.7 Å². The van der Waals surface area contributed by atoms with Crippen molar-refractivity contribution in [3.8, 4) is 5.69 Å². The minimum absolute atomic E-state index is 0.0966. The number of benzene rings is 1. The lowest BCUT2D eigenvalue weighted by Gasteiger charge is -2.17. The lowest BCUT2D eigenvalue weighted by atomic mass is 10.2. The number of amides is 1. The van der Waals surface area contributed by atoms with Gasteiger partial charge in [-0.2, -0.15) is 4.31 Å². The lowest BCUT2D eigenvalue weighted by molar-refractivity contribution is 0.0793. The molecule has 4 rings (SSSR count). The Morgan fingerprint density at radius 1 is 1.17 bits per heavy atom. The zero-order chi connectivity index (χ0) is 16.9. The van der Waals surface area contributed by atoms with Crippen LogP contribution >= 0.6 is 0 Å². The molecule has 2 aliphatic rings. The van der Waals surface area contributed by atoms with Crippen LogP contribution in [0, 0.1) is 0 Å². The van der Waals surface area contributed by atoms with E-state index in [1.807, 2.05) is 12.2 Å². The van der Waals surface area contributed by atoms with Gasteiger partial charge in [0.2, 0.25) is 10.0 Å². The van der Waals surface area contributed by atoms with Gasteiger partial charge in [-0.1, -0.05) is 24.3 Å². The molecule has 24 heavy (non-hydrogen) atoms. The molecule has 8 heteroatoms. The number of imidazole rings is 1. The summed E-state index contributed by atoms with van der Waals surface area (Å²) in [5.74, 6) is -0.182. The second kappa shape index (κ2) is 5.29. The summed E-state index contributed by atoms with van der Waals surface area (Å²) in [6.45, 7) is 1.20. The van der Waals surface area contributed by atoms with Crippen LogP contribution in [0.4, 0.5) is 0 Å². The third kappa shape index (κ3) is 2.10. The van der Waals surface area contributed by atoms with Gasteiger partial charge in [-0.05, 0) is 12.1 Å². The SMILES string of the molecule is CN1Cc2c(C(=O)N3CC=CC3)ncn2-c2ccccc2S1(=O)=O. The molecule has 0 saturated heterocycles. The highest BCUT2D eigenvalue weighted by molar-refractivity contribution is 7.89. The van der Waals surface area contributed by atoms with E-state index in [0.717, 1.165) is 0 Å². The van der Waals surface area contributed by atoms with E-state index in [1.54, 1.807) is 33.7 Å². The van der Waals surface area contributed by atoms with Gasteiger partial charge in [0.05, 0.1) is 17.9 Å². The first kappa shape index (κ1) is 15.1. The number of hydrogen-bond donors (Lipinski definition) is 0. The Morgan fingerprint density at radius 2 is 1.88 bits per heavy atom. The fraction of sp³-hybridized carbons (Fsp3) is 0.250. The zero-order valence-corrected chi connectivity index (χ0v) is 13.9. The topological polar surface area (TPSA) is 75.5 Å². The van der Waals surface area contributed by atoms with Crippen molar-refractivity contribution in [1.82, 2.24) is 18.8 Å². The van der Waals surface area contributed by atoms with E-state index in [2.05, 4.69) is 4.98 Å². The number of carbonyl (C=O) groups excluding carboxylic acids is 1. The van der Waals surface area contributed by atoms with Gasteiger partial charge in [0.15, 0.2) is 5.69 Å². The third-order valence-corrected chi connectivity index (χ3v) is 6.21. The second-order valence-electron chi connectivity index (χ2n) is 5.82. The fourth-order valence-corrected chi connectivity index (χ4v) is 4.35. The Hall–Kier alpha value is -2.45. The number of fused-ring (bicyclic) bond motifs is 3. The molecule has 0 aliphatic carbocycles. The molecular weight excluding hydrogens is 328 g/mol. The molecule has 1 aromatic heterocycles. The van der Waals surface area contributed by atoms with Crippen LogP contribution in [0.5, 0.6) is 0 Å². The molecule has 0 unspecified atom stereocenters. The molecule has 7 nitrogen and oxygen atoms in total. The van der Waals surface area contributed by atoms with Crippen LogP contribution in [0.1, 0.15) is 16.2 Å². The molecule has 3 heterocycles. The Bertz CT molecular complexity index is 953.